The van der Waals surface area contributed by atoms with Gasteiger partial charge in [-0.3, -0.25) is 0 Å². The van der Waals surface area contributed by atoms with Crippen molar-refractivity contribution in [3.05, 3.63) is 245 Å². The van der Waals surface area contributed by atoms with Crippen LogP contribution in [0.15, 0.2) is 212 Å². The minimum absolute atomic E-state index is 0.0339. The molecule has 286 valence electrons. The summed E-state index contributed by atoms with van der Waals surface area (Å²) < 4.78 is 6.99. The number of nitrogens with zero attached hydrogens (tertiary/aromatic N) is 1. The van der Waals surface area contributed by atoms with E-state index < -0.39 is 5.41 Å². The molecular weight excluding hydrogens is 727 g/mol. The lowest BCUT2D eigenvalue weighted by Crippen LogP contribution is -2.38. The largest absolute Gasteiger partial charge is 0.457 e. The highest BCUT2D eigenvalue weighted by molar-refractivity contribution is 5.94. The van der Waals surface area contributed by atoms with Crippen LogP contribution in [0, 0.1) is 0 Å². The fraction of sp³-hybridized carbons (Fsp3) is 0.103. The molecule has 0 fully saturated rings. The Hall–Kier alpha value is -7.16. The highest BCUT2D eigenvalue weighted by Gasteiger charge is 2.53. The molecule has 60 heavy (non-hydrogen) atoms. The quantitative estimate of drug-likeness (QED) is 0.173. The van der Waals surface area contributed by atoms with Crippen LogP contribution in [0.3, 0.4) is 0 Å². The first-order chi connectivity index (χ1) is 29.5. The van der Waals surface area contributed by atoms with Crippen LogP contribution in [0.5, 0.6) is 11.5 Å². The number of allylic oxidation sites excluding steroid dienone is 2. The van der Waals surface area contributed by atoms with Crippen molar-refractivity contribution in [3.8, 4) is 44.9 Å². The Balaban J connectivity index is 1.08. The molecule has 0 bridgehead atoms. The monoisotopic (exact) mass is 769 g/mol. The summed E-state index contributed by atoms with van der Waals surface area (Å²) in [6, 6.07) is 71.4. The molecule has 0 aromatic heterocycles. The molecule has 8 aromatic carbocycles. The summed E-state index contributed by atoms with van der Waals surface area (Å²) in [6.07, 6.45) is 5.70. The van der Waals surface area contributed by atoms with Crippen molar-refractivity contribution in [1.82, 2.24) is 0 Å². The van der Waals surface area contributed by atoms with Gasteiger partial charge in [-0.25, -0.2) is 0 Å². The highest BCUT2D eigenvalue weighted by atomic mass is 16.5. The third-order valence-electron chi connectivity index (χ3n) is 13.7. The van der Waals surface area contributed by atoms with Crippen molar-refractivity contribution in [2.75, 3.05) is 4.90 Å². The molecule has 1 heterocycles. The van der Waals surface area contributed by atoms with Crippen LogP contribution in [0.2, 0.25) is 0 Å². The molecule has 4 aliphatic rings. The summed E-state index contributed by atoms with van der Waals surface area (Å²) in [6.45, 7) is 4.75. The zero-order valence-corrected chi connectivity index (χ0v) is 33.8. The number of hydrogen-bond acceptors (Lipinski definition) is 2. The van der Waals surface area contributed by atoms with E-state index in [2.05, 4.69) is 225 Å². The maximum atomic E-state index is 6.99. The van der Waals surface area contributed by atoms with Crippen LogP contribution < -0.4 is 9.64 Å². The number of benzene rings is 8. The lowest BCUT2D eigenvalue weighted by Gasteiger charge is -2.44. The molecule has 0 radical (unpaired) electrons. The molecule has 2 heteroatoms. The van der Waals surface area contributed by atoms with Gasteiger partial charge < -0.3 is 9.64 Å². The van der Waals surface area contributed by atoms with Crippen molar-refractivity contribution in [2.45, 2.75) is 37.1 Å². The van der Waals surface area contributed by atoms with E-state index in [1.165, 1.54) is 89.3 Å². The van der Waals surface area contributed by atoms with Crippen molar-refractivity contribution in [3.63, 3.8) is 0 Å². The van der Waals surface area contributed by atoms with Gasteiger partial charge in [0.2, 0.25) is 0 Å². The zero-order valence-electron chi connectivity index (χ0n) is 33.8. The minimum Gasteiger partial charge on any atom is -0.457 e. The van der Waals surface area contributed by atoms with Gasteiger partial charge in [-0.15, -0.1) is 0 Å². The van der Waals surface area contributed by atoms with E-state index in [-0.39, 0.29) is 11.5 Å². The van der Waals surface area contributed by atoms with E-state index in [0.29, 0.717) is 0 Å². The maximum absolute atomic E-state index is 6.99. The second kappa shape index (κ2) is 13.2. The van der Waals surface area contributed by atoms with Gasteiger partial charge in [0.05, 0.1) is 11.5 Å². The topological polar surface area (TPSA) is 12.5 Å². The lowest BCUT2D eigenvalue weighted by atomic mass is 9.63. The first-order valence-corrected chi connectivity index (χ1v) is 21.2. The molecular formula is C58H43NO. The molecule has 12 rings (SSSR count). The Labute approximate surface area is 352 Å². The smallest absolute Gasteiger partial charge is 0.132 e. The maximum Gasteiger partial charge on any atom is 0.132 e. The molecule has 1 atom stereocenters. The molecule has 1 spiro atoms. The Bertz CT molecular complexity index is 2980. The summed E-state index contributed by atoms with van der Waals surface area (Å²) in [5.41, 5.74) is 19.6. The van der Waals surface area contributed by atoms with Crippen molar-refractivity contribution < 1.29 is 4.74 Å². The molecule has 0 saturated heterocycles. The van der Waals surface area contributed by atoms with Crippen LogP contribution in [-0.4, -0.2) is 6.04 Å². The zero-order chi connectivity index (χ0) is 40.0. The second-order valence-corrected chi connectivity index (χ2v) is 17.2. The fourth-order valence-electron chi connectivity index (χ4n) is 11.0. The Morgan fingerprint density at radius 1 is 0.450 bits per heavy atom. The first kappa shape index (κ1) is 34.8. The number of anilines is 2. The highest BCUT2D eigenvalue weighted by Crippen LogP contribution is 2.64. The van der Waals surface area contributed by atoms with Gasteiger partial charge in [0, 0.05) is 27.9 Å². The Kier molecular flexibility index (Phi) is 7.65. The first-order valence-electron chi connectivity index (χ1n) is 21.2. The van der Waals surface area contributed by atoms with E-state index in [0.717, 1.165) is 17.9 Å². The number of rotatable bonds is 5. The van der Waals surface area contributed by atoms with E-state index >= 15 is 0 Å². The average molecular weight is 770 g/mol. The molecule has 0 N–H and O–H groups in total. The summed E-state index contributed by atoms with van der Waals surface area (Å²) in [5.74, 6) is 1.81. The molecule has 3 aliphatic carbocycles. The van der Waals surface area contributed by atoms with Crippen molar-refractivity contribution in [2.24, 2.45) is 0 Å². The lowest BCUT2D eigenvalue weighted by molar-refractivity contribution is 0.431. The predicted octanol–water partition coefficient (Wildman–Crippen LogP) is 14.7. The molecule has 0 saturated carbocycles. The Morgan fingerprint density at radius 3 is 1.65 bits per heavy atom. The summed E-state index contributed by atoms with van der Waals surface area (Å²) in [4.78, 5) is 2.58. The number of fused-ring (bicyclic) bond motifs is 11. The van der Waals surface area contributed by atoms with E-state index in [1.54, 1.807) is 0 Å². The third kappa shape index (κ3) is 5.01. The van der Waals surface area contributed by atoms with E-state index in [9.17, 15) is 0 Å². The summed E-state index contributed by atoms with van der Waals surface area (Å²) >= 11 is 0. The number of para-hydroxylation sites is 1. The van der Waals surface area contributed by atoms with E-state index in [4.69, 9.17) is 4.74 Å². The van der Waals surface area contributed by atoms with Crippen molar-refractivity contribution in [1.29, 1.82) is 0 Å². The average Bonchev–Trinajstić information content (AvgIpc) is 3.72. The summed E-state index contributed by atoms with van der Waals surface area (Å²) in [5, 5.41) is 0. The molecule has 2 nitrogen and oxygen atoms in total. The number of hydrogen-bond donors (Lipinski definition) is 0. The SMILES string of the molecule is CC1(C)c2ccccc2-c2ccc(N(c3ccccc3)C3C=CC4=C(C3)C3(c5cc(-c6ccccc6)ccc5Oc5ccc(-c6ccccc6)cc53)c3ccccc34)cc21. The van der Waals surface area contributed by atoms with E-state index in [1.807, 2.05) is 0 Å². The van der Waals surface area contributed by atoms with Crippen LogP contribution in [0.1, 0.15) is 53.6 Å². The van der Waals surface area contributed by atoms with Gasteiger partial charge in [-0.05, 0) is 122 Å². The normalized spacial score (nSPS) is 16.9. The number of ether oxygens (including phenoxy) is 1. The van der Waals surface area contributed by atoms with Gasteiger partial charge >= 0.3 is 0 Å². The van der Waals surface area contributed by atoms with Gasteiger partial charge in [-0.1, -0.05) is 172 Å². The Morgan fingerprint density at radius 2 is 1.00 bits per heavy atom. The van der Waals surface area contributed by atoms with Gasteiger partial charge in [0.1, 0.15) is 11.5 Å². The molecule has 1 unspecified atom stereocenters. The molecule has 0 amide bonds. The van der Waals surface area contributed by atoms with Crippen LogP contribution >= 0.6 is 0 Å². The van der Waals surface area contributed by atoms with Crippen LogP contribution in [0.4, 0.5) is 11.4 Å². The molecule has 1 aliphatic heterocycles. The predicted molar refractivity (Wildman–Crippen MR) is 247 cm³/mol. The van der Waals surface area contributed by atoms with Crippen molar-refractivity contribution >= 4 is 16.9 Å². The minimum atomic E-state index is -0.600. The summed E-state index contributed by atoms with van der Waals surface area (Å²) in [7, 11) is 0. The van der Waals surface area contributed by atoms with Gasteiger partial charge in [0.25, 0.3) is 0 Å². The standard InChI is InChI=1S/C58H43NO/c1-57(2)49-24-14-12-22-45(49)47-30-28-43(36-51(47)57)59(42-20-10-5-11-21-42)44-29-31-48-46-23-13-15-25-50(46)58(52(48)37-44)53-34-40(38-16-6-3-7-17-38)26-32-55(53)60-56-33-27-41(35-54(56)58)39-18-8-4-9-19-39/h3-36,44H,37H2,1-2H3. The fourth-order valence-corrected chi connectivity index (χ4v) is 11.0. The van der Waals surface area contributed by atoms with Gasteiger partial charge in [-0.2, -0.15) is 0 Å². The molecule has 8 aromatic rings. The van der Waals surface area contributed by atoms with Crippen LogP contribution in [0.25, 0.3) is 39.0 Å². The van der Waals surface area contributed by atoms with Crippen LogP contribution in [-0.2, 0) is 10.8 Å². The van der Waals surface area contributed by atoms with Gasteiger partial charge in [0.15, 0.2) is 0 Å². The third-order valence-corrected chi connectivity index (χ3v) is 13.7. The second-order valence-electron chi connectivity index (χ2n) is 17.2.